The van der Waals surface area contributed by atoms with E-state index in [2.05, 4.69) is 125 Å². The van der Waals surface area contributed by atoms with Gasteiger partial charge < -0.3 is 36.5 Å². The van der Waals surface area contributed by atoms with Crippen LogP contribution in [0.4, 0.5) is 31.5 Å². The highest BCUT2D eigenvalue weighted by molar-refractivity contribution is 5.86. The lowest BCUT2D eigenvalue weighted by Gasteiger charge is -2.34. The Hall–Kier alpha value is -8.47. The van der Waals surface area contributed by atoms with Crippen LogP contribution < -0.4 is 26.6 Å². The summed E-state index contributed by atoms with van der Waals surface area (Å²) in [5.41, 5.74) is 21.5. The van der Waals surface area contributed by atoms with Crippen LogP contribution in [0.25, 0.3) is 33.6 Å². The number of hydrogen-bond acceptors (Lipinski definition) is 10. The average Bonchev–Trinajstić information content (AvgIpc) is 4.03. The molecular formula is C72H91F2N11. The normalized spacial score (nSPS) is 15.2. The van der Waals surface area contributed by atoms with Crippen molar-refractivity contribution in [2.45, 2.75) is 112 Å². The number of imidazole rings is 1. The number of rotatable bonds is 20. The molecule has 0 amide bonds. The molecule has 0 spiro atoms. The van der Waals surface area contributed by atoms with E-state index in [-0.39, 0.29) is 11.5 Å². The minimum atomic E-state index is -0.630. The summed E-state index contributed by atoms with van der Waals surface area (Å²) in [6.45, 7) is 38.1. The van der Waals surface area contributed by atoms with E-state index in [9.17, 15) is 0 Å². The van der Waals surface area contributed by atoms with Gasteiger partial charge in [-0.2, -0.15) is 0 Å². The Kier molecular flexibility index (Phi) is 24.7. The van der Waals surface area contributed by atoms with Gasteiger partial charge in [0.2, 0.25) is 0 Å². The first-order valence-corrected chi connectivity index (χ1v) is 30.0. The van der Waals surface area contributed by atoms with Crippen molar-refractivity contribution in [3.63, 3.8) is 0 Å². The van der Waals surface area contributed by atoms with Crippen LogP contribution in [0.15, 0.2) is 170 Å². The molecule has 11 nitrogen and oxygen atoms in total. The van der Waals surface area contributed by atoms with E-state index in [0.29, 0.717) is 23.3 Å². The zero-order chi connectivity index (χ0) is 61.6. The fourth-order valence-electron chi connectivity index (χ4n) is 11.1. The largest absolute Gasteiger partial charge is 0.396 e. The number of pyridine rings is 2. The number of hydrogen-bond donors (Lipinski definition) is 5. The molecule has 0 bridgehead atoms. The number of nitrogens with two attached hydrogens (primary N) is 1. The van der Waals surface area contributed by atoms with E-state index in [0.717, 1.165) is 130 Å². The molecule has 3 fully saturated rings. The quantitative estimate of drug-likeness (QED) is 0.0287. The van der Waals surface area contributed by atoms with Crippen LogP contribution in [0.5, 0.6) is 0 Å². The van der Waals surface area contributed by atoms with Gasteiger partial charge in [-0.25, -0.2) is 18.7 Å². The smallest absolute Gasteiger partial charge is 0.179 e. The fraction of sp³-hybridized carbons (Fsp3) is 0.347. The number of benzene rings is 3. The minimum absolute atomic E-state index is 0.161. The van der Waals surface area contributed by atoms with Crippen molar-refractivity contribution in [1.82, 2.24) is 35.1 Å². The van der Waals surface area contributed by atoms with Crippen molar-refractivity contribution >= 4 is 45.2 Å². The molecule has 0 atom stereocenters. The van der Waals surface area contributed by atoms with E-state index in [1.54, 1.807) is 25.5 Å². The molecule has 0 unspecified atom stereocenters. The predicted molar refractivity (Wildman–Crippen MR) is 358 cm³/mol. The first kappa shape index (κ1) is 65.7. The van der Waals surface area contributed by atoms with Gasteiger partial charge in [-0.05, 0) is 172 Å². The van der Waals surface area contributed by atoms with Gasteiger partial charge in [0.05, 0.1) is 28.9 Å². The number of aromatic nitrogens is 4. The highest BCUT2D eigenvalue weighted by Gasteiger charge is 2.31. The number of anilines is 4. The van der Waals surface area contributed by atoms with Crippen LogP contribution in [0.3, 0.4) is 0 Å². The van der Waals surface area contributed by atoms with E-state index in [1.807, 2.05) is 99.8 Å². The third-order valence-electron chi connectivity index (χ3n) is 16.1. The molecule has 0 radical (unpaired) electrons. The summed E-state index contributed by atoms with van der Waals surface area (Å²) >= 11 is 0. The number of aromatic amines is 1. The monoisotopic (exact) mass is 1150 g/mol. The summed E-state index contributed by atoms with van der Waals surface area (Å²) in [5, 5.41) is 10.0. The number of terminal acetylenes is 1. The van der Waals surface area contributed by atoms with Crippen molar-refractivity contribution < 1.29 is 8.78 Å². The van der Waals surface area contributed by atoms with Crippen molar-refractivity contribution in [3.05, 3.63) is 210 Å². The van der Waals surface area contributed by atoms with Gasteiger partial charge in [-0.3, -0.25) is 9.88 Å². The first-order valence-electron chi connectivity index (χ1n) is 30.0. The third kappa shape index (κ3) is 16.9. The average molecular weight is 1150 g/mol. The van der Waals surface area contributed by atoms with Crippen LogP contribution in [0.1, 0.15) is 128 Å². The lowest BCUT2D eigenvalue weighted by molar-refractivity contribution is 0.289. The number of nitrogen functional groups attached to an aromatic ring is 1. The zero-order valence-electron chi connectivity index (χ0n) is 51.8. The Bertz CT molecular complexity index is 3400. The number of nitrogens with zero attached hydrogens (tertiary/aromatic N) is 6. The number of nitrogens with one attached hydrogen (secondary N) is 4. The second kappa shape index (κ2) is 32.0. The number of likely N-dealkylation sites (tertiary alicyclic amines) is 2. The Balaban J connectivity index is 0.000000260. The second-order valence-corrected chi connectivity index (χ2v) is 22.0. The number of allylic oxidation sites excluding steroid dienone is 8. The summed E-state index contributed by atoms with van der Waals surface area (Å²) in [6.07, 6.45) is 33.5. The summed E-state index contributed by atoms with van der Waals surface area (Å²) in [4.78, 5) is 24.4. The number of halogens is 2. The molecule has 448 valence electrons. The van der Waals surface area contributed by atoms with Crippen LogP contribution in [0.2, 0.25) is 0 Å². The maximum atomic E-state index is 15.7. The Morgan fingerprint density at radius 1 is 0.824 bits per heavy atom. The third-order valence-corrected chi connectivity index (χ3v) is 16.1. The summed E-state index contributed by atoms with van der Waals surface area (Å²) < 4.78 is 30.8. The van der Waals surface area contributed by atoms with Gasteiger partial charge in [0.1, 0.15) is 23.0 Å². The van der Waals surface area contributed by atoms with Crippen molar-refractivity contribution in [2.24, 2.45) is 0 Å². The van der Waals surface area contributed by atoms with Gasteiger partial charge in [-0.1, -0.05) is 109 Å². The van der Waals surface area contributed by atoms with Crippen molar-refractivity contribution in [1.29, 1.82) is 0 Å². The van der Waals surface area contributed by atoms with Crippen LogP contribution in [0, 0.1) is 24.5 Å². The lowest BCUT2D eigenvalue weighted by atomic mass is 9.79. The molecule has 6 heterocycles. The predicted octanol–water partition coefficient (Wildman–Crippen LogP) is 16.4. The minimum Gasteiger partial charge on any atom is -0.396 e. The van der Waals surface area contributed by atoms with E-state index in [1.165, 1.54) is 63.1 Å². The molecule has 6 aromatic rings. The molecule has 3 aromatic heterocycles. The first-order chi connectivity index (χ1) is 41.1. The maximum Gasteiger partial charge on any atom is 0.179 e. The Morgan fingerprint density at radius 3 is 2.14 bits per heavy atom. The molecule has 3 saturated heterocycles. The fourth-order valence-corrected chi connectivity index (χ4v) is 11.1. The molecule has 85 heavy (non-hydrogen) atoms. The Labute approximate surface area is 506 Å². The SMILES string of the molecule is C#C.C=C/C(=C\C(=C/C)c1cc(F)c(N)c(Cc2nc3nccc(N4CCCCC4)c3[nH]2)c1)CN1CCCC1.C=C/C=C(\C(C)=C(/C)NC(=C)C(C)(C)c1cc(-c2cncc(NC(=C)c3ccccc3)c2)cc(F)c1NC)N1CCCCC1.CC. The summed E-state index contributed by atoms with van der Waals surface area (Å²) in [6, 6.07) is 21.0. The molecule has 0 saturated carbocycles. The van der Waals surface area contributed by atoms with Gasteiger partial charge in [0, 0.05) is 92.4 Å². The molecule has 6 N–H and O–H groups in total. The van der Waals surface area contributed by atoms with Crippen LogP contribution in [-0.4, -0.2) is 82.6 Å². The highest BCUT2D eigenvalue weighted by Crippen LogP contribution is 2.40. The van der Waals surface area contributed by atoms with E-state index in [4.69, 9.17) is 10.7 Å². The standard InChI is InChI=1S/C38H46FN5.C30H37FN6.C2H6.C2H2/c1-9-16-36(44-19-14-11-15-20-44)26(2)27(3)42-29(5)38(6,7)34-22-31(23-35(39)37(34)40-8)32-21-33(25-41-24-32)43-28(4)30-17-12-10-13-18-30;1-3-21(20-36-12-8-9-13-36)16-22(4-2)23-17-24(28(32)25(31)18-23)19-27-34-29-26(10-11-33-30(29)35-27)37-14-6-5-7-15-37;2*1-2/h9-10,12-13,16-18,21-25,40,42-43H,1,4-5,11,14-15,19-20H2,2-3,6-8H3;3-4,10-11,16-18H,1,5-9,12-15,19-20,32H2,2H3,(H,33,34,35);1-2H3;1-2H/b27-26+,36-16+;21-16+,22-4+;;. The molecule has 3 aliphatic rings. The zero-order valence-corrected chi connectivity index (χ0v) is 51.8. The molecule has 3 aliphatic heterocycles. The molecule has 3 aromatic carbocycles. The molecule has 0 aliphatic carbocycles. The topological polar surface area (TPSA) is 126 Å². The molecule has 9 rings (SSSR count). The van der Waals surface area contributed by atoms with Crippen LogP contribution in [-0.2, 0) is 11.8 Å². The van der Waals surface area contributed by atoms with E-state index >= 15 is 8.78 Å². The molecular weight excluding hydrogens is 1060 g/mol. The van der Waals surface area contributed by atoms with E-state index < -0.39 is 11.2 Å². The maximum absolute atomic E-state index is 15.7. The van der Waals surface area contributed by atoms with Gasteiger partial charge in [0.15, 0.2) is 5.65 Å². The van der Waals surface area contributed by atoms with Crippen LogP contribution >= 0.6 is 0 Å². The summed E-state index contributed by atoms with van der Waals surface area (Å²) in [7, 11) is 1.75. The van der Waals surface area contributed by atoms with Crippen molar-refractivity contribution in [3.8, 4) is 24.0 Å². The van der Waals surface area contributed by atoms with Gasteiger partial charge in [0.25, 0.3) is 0 Å². The highest BCUT2D eigenvalue weighted by atomic mass is 19.1. The number of fused-ring (bicyclic) bond motifs is 1. The Morgan fingerprint density at radius 2 is 1.49 bits per heavy atom. The summed E-state index contributed by atoms with van der Waals surface area (Å²) in [5.74, 6) is -0.0190. The lowest BCUT2D eigenvalue weighted by Crippen LogP contribution is -2.32. The number of piperidine rings is 2. The second-order valence-electron chi connectivity index (χ2n) is 22.0. The van der Waals surface area contributed by atoms with Gasteiger partial charge in [-0.15, -0.1) is 12.8 Å². The van der Waals surface area contributed by atoms with Gasteiger partial charge >= 0.3 is 0 Å². The van der Waals surface area contributed by atoms with Crippen molar-refractivity contribution in [2.75, 3.05) is 74.1 Å². The number of H-pyrrole nitrogens is 1. The molecule has 13 heteroatoms.